The van der Waals surface area contributed by atoms with Crippen LogP contribution in [0.15, 0.2) is 22.5 Å². The van der Waals surface area contributed by atoms with Gasteiger partial charge < -0.3 is 15.2 Å². The Labute approximate surface area is 142 Å². The fourth-order valence-electron chi connectivity index (χ4n) is 2.20. The summed E-state index contributed by atoms with van der Waals surface area (Å²) in [4.78, 5) is 6.03. The first-order valence-corrected chi connectivity index (χ1v) is 8.87. The van der Waals surface area contributed by atoms with Gasteiger partial charge in [0.15, 0.2) is 11.8 Å². The third-order valence-corrected chi connectivity index (χ3v) is 4.55. The van der Waals surface area contributed by atoms with Gasteiger partial charge in [0.2, 0.25) is 0 Å². The number of aromatic nitrogens is 3. The van der Waals surface area contributed by atoms with Crippen molar-refractivity contribution < 1.29 is 0 Å². The van der Waals surface area contributed by atoms with Crippen molar-refractivity contribution in [2.24, 2.45) is 18.0 Å². The van der Waals surface area contributed by atoms with Crippen LogP contribution in [0.4, 0.5) is 0 Å². The first-order valence-electron chi connectivity index (χ1n) is 7.99. The maximum Gasteiger partial charge on any atom is 0.191 e. The normalized spacial score (nSPS) is 13.1. The topological polar surface area (TPSA) is 67.1 Å². The van der Waals surface area contributed by atoms with E-state index in [1.165, 1.54) is 4.88 Å². The third kappa shape index (κ3) is 5.35. The molecule has 2 rings (SSSR count). The molecule has 0 saturated carbocycles. The maximum absolute atomic E-state index is 4.60. The molecule has 2 aromatic rings. The monoisotopic (exact) mass is 334 g/mol. The molecule has 0 saturated heterocycles. The molecule has 2 aromatic heterocycles. The smallest absolute Gasteiger partial charge is 0.191 e. The number of nitrogens with zero attached hydrogens (tertiary/aromatic N) is 4. The highest BCUT2D eigenvalue weighted by Crippen LogP contribution is 2.13. The average Bonchev–Trinajstić information content (AvgIpc) is 3.14. The Hall–Kier alpha value is -1.89. The van der Waals surface area contributed by atoms with Crippen LogP contribution in [-0.4, -0.2) is 33.8 Å². The molecular weight excluding hydrogens is 308 g/mol. The molecule has 1 unspecified atom stereocenters. The van der Waals surface area contributed by atoms with Gasteiger partial charge in [-0.15, -0.1) is 21.5 Å². The van der Waals surface area contributed by atoms with Crippen molar-refractivity contribution in [1.29, 1.82) is 0 Å². The summed E-state index contributed by atoms with van der Waals surface area (Å²) in [6, 6.07) is 4.30. The summed E-state index contributed by atoms with van der Waals surface area (Å²) in [5.74, 6) is 3.14. The van der Waals surface area contributed by atoms with Crippen LogP contribution in [0.2, 0.25) is 0 Å². The first-order chi connectivity index (χ1) is 11.1. The minimum absolute atomic E-state index is 0.520. The van der Waals surface area contributed by atoms with Gasteiger partial charge >= 0.3 is 0 Å². The molecule has 0 spiro atoms. The zero-order chi connectivity index (χ0) is 16.7. The van der Waals surface area contributed by atoms with Crippen LogP contribution in [0.1, 0.15) is 30.4 Å². The van der Waals surface area contributed by atoms with Gasteiger partial charge in [-0.3, -0.25) is 0 Å². The summed E-state index contributed by atoms with van der Waals surface area (Å²) in [6.45, 7) is 8.51. The van der Waals surface area contributed by atoms with E-state index >= 15 is 0 Å². The largest absolute Gasteiger partial charge is 0.357 e. The molecule has 0 radical (unpaired) electrons. The number of nitrogens with one attached hydrogen (secondary N) is 2. The first kappa shape index (κ1) is 17.5. The molecule has 126 valence electrons. The fourth-order valence-corrected chi connectivity index (χ4v) is 3.07. The van der Waals surface area contributed by atoms with Crippen molar-refractivity contribution in [3.63, 3.8) is 0 Å². The zero-order valence-corrected chi connectivity index (χ0v) is 15.2. The summed E-state index contributed by atoms with van der Waals surface area (Å²) in [5, 5.41) is 17.0. The van der Waals surface area contributed by atoms with Gasteiger partial charge in [0.05, 0.1) is 0 Å². The maximum atomic E-state index is 4.60. The lowest BCUT2D eigenvalue weighted by Gasteiger charge is -2.15. The lowest BCUT2D eigenvalue weighted by atomic mass is 10.1. The molecule has 0 aromatic carbocycles. The highest BCUT2D eigenvalue weighted by molar-refractivity contribution is 7.09. The fraction of sp³-hybridized carbons (Fsp3) is 0.562. The van der Waals surface area contributed by atoms with Gasteiger partial charge in [-0.05, 0) is 37.6 Å². The average molecular weight is 334 g/mol. The van der Waals surface area contributed by atoms with Crippen LogP contribution in [0.3, 0.4) is 0 Å². The number of hydrogen-bond donors (Lipinski definition) is 2. The summed E-state index contributed by atoms with van der Waals surface area (Å²) in [7, 11) is 1.96. The third-order valence-electron chi connectivity index (χ3n) is 3.65. The second-order valence-electron chi connectivity index (χ2n) is 5.69. The number of rotatable bonds is 7. The van der Waals surface area contributed by atoms with E-state index in [4.69, 9.17) is 0 Å². The molecule has 0 fully saturated rings. The quantitative estimate of drug-likeness (QED) is 0.601. The zero-order valence-electron chi connectivity index (χ0n) is 14.3. The molecule has 1 atom stereocenters. The minimum Gasteiger partial charge on any atom is -0.357 e. The van der Waals surface area contributed by atoms with E-state index in [-0.39, 0.29) is 0 Å². The minimum atomic E-state index is 0.520. The second-order valence-corrected chi connectivity index (χ2v) is 6.72. The molecule has 0 aliphatic heterocycles. The van der Waals surface area contributed by atoms with Gasteiger partial charge in [0.25, 0.3) is 0 Å². The van der Waals surface area contributed by atoms with Crippen molar-refractivity contribution in [3.8, 4) is 0 Å². The number of guanidine groups is 1. The van der Waals surface area contributed by atoms with E-state index in [0.29, 0.717) is 12.5 Å². The predicted octanol–water partition coefficient (Wildman–Crippen LogP) is 2.12. The van der Waals surface area contributed by atoms with Crippen LogP contribution >= 0.6 is 11.3 Å². The Morgan fingerprint density at radius 2 is 2.22 bits per heavy atom. The molecule has 2 heterocycles. The molecule has 2 N–H and O–H groups in total. The van der Waals surface area contributed by atoms with Gasteiger partial charge in [-0.2, -0.15) is 0 Å². The van der Waals surface area contributed by atoms with Crippen LogP contribution in [0, 0.1) is 12.8 Å². The van der Waals surface area contributed by atoms with Gasteiger partial charge in [0.1, 0.15) is 12.4 Å². The summed E-state index contributed by atoms with van der Waals surface area (Å²) in [6.07, 6.45) is 1.09. The van der Waals surface area contributed by atoms with E-state index in [1.807, 2.05) is 29.9 Å². The highest BCUT2D eigenvalue weighted by atomic mass is 32.1. The van der Waals surface area contributed by atoms with Crippen molar-refractivity contribution in [3.05, 3.63) is 34.0 Å². The number of hydrogen-bond acceptors (Lipinski definition) is 4. The molecule has 0 amide bonds. The van der Waals surface area contributed by atoms with E-state index < -0.39 is 0 Å². The predicted molar refractivity (Wildman–Crippen MR) is 95.7 cm³/mol. The van der Waals surface area contributed by atoms with Crippen LogP contribution < -0.4 is 10.6 Å². The van der Waals surface area contributed by atoms with Crippen LogP contribution in [0.25, 0.3) is 0 Å². The molecule has 7 heteroatoms. The Bertz CT molecular complexity index is 617. The van der Waals surface area contributed by atoms with Crippen molar-refractivity contribution in [1.82, 2.24) is 25.4 Å². The van der Waals surface area contributed by atoms with E-state index in [1.54, 1.807) is 0 Å². The van der Waals surface area contributed by atoms with Crippen molar-refractivity contribution >= 4 is 17.3 Å². The molecule has 0 aliphatic carbocycles. The van der Waals surface area contributed by atoms with E-state index in [9.17, 15) is 0 Å². The standard InChI is InChI=1S/C16H26N6S/c1-5-17-16(19-11-15-21-20-13(3)22(15)4)18-10-12(2)9-14-7-6-8-23-14/h6-8,12H,5,9-11H2,1-4H3,(H2,17,18,19). The van der Waals surface area contributed by atoms with Gasteiger partial charge in [-0.1, -0.05) is 13.0 Å². The van der Waals surface area contributed by atoms with Crippen molar-refractivity contribution in [2.75, 3.05) is 13.1 Å². The molecule has 0 bridgehead atoms. The van der Waals surface area contributed by atoms with Crippen LogP contribution in [-0.2, 0) is 20.0 Å². The SMILES string of the molecule is CCNC(=NCc1nnc(C)n1C)NCC(C)Cc1cccs1. The summed E-state index contributed by atoms with van der Waals surface area (Å²) < 4.78 is 1.96. The number of aliphatic imine (C=N–C) groups is 1. The molecule has 23 heavy (non-hydrogen) atoms. The number of aryl methyl sites for hydroxylation is 1. The van der Waals surface area contributed by atoms with Crippen molar-refractivity contribution in [2.45, 2.75) is 33.7 Å². The summed E-state index contributed by atoms with van der Waals surface area (Å²) >= 11 is 1.82. The molecule has 6 nitrogen and oxygen atoms in total. The Morgan fingerprint density at radius 1 is 1.39 bits per heavy atom. The van der Waals surface area contributed by atoms with E-state index in [2.05, 4.69) is 57.2 Å². The second kappa shape index (κ2) is 8.67. The lowest BCUT2D eigenvalue weighted by molar-refractivity contribution is 0.561. The lowest BCUT2D eigenvalue weighted by Crippen LogP contribution is -2.39. The highest BCUT2D eigenvalue weighted by Gasteiger charge is 2.07. The van der Waals surface area contributed by atoms with Gasteiger partial charge in [0, 0.05) is 25.0 Å². The Kier molecular flexibility index (Phi) is 6.58. The Morgan fingerprint density at radius 3 is 2.83 bits per heavy atom. The molecular formula is C16H26N6S. The van der Waals surface area contributed by atoms with Crippen LogP contribution in [0.5, 0.6) is 0 Å². The van der Waals surface area contributed by atoms with Gasteiger partial charge in [-0.25, -0.2) is 4.99 Å². The Balaban J connectivity index is 1.87. The summed E-state index contributed by atoms with van der Waals surface area (Å²) in [5.41, 5.74) is 0. The molecule has 0 aliphatic rings. The van der Waals surface area contributed by atoms with E-state index in [0.717, 1.165) is 37.1 Å². The number of thiophene rings is 1.